The number of pyridine rings is 1. The van der Waals surface area contributed by atoms with Crippen LogP contribution in [0.4, 0.5) is 17.2 Å². The van der Waals surface area contributed by atoms with E-state index in [9.17, 15) is 9.59 Å². The number of ketones is 1. The van der Waals surface area contributed by atoms with Crippen molar-refractivity contribution in [1.29, 1.82) is 0 Å². The molecule has 1 heterocycles. The van der Waals surface area contributed by atoms with Gasteiger partial charge in [0.25, 0.3) is 0 Å². The second-order valence-electron chi connectivity index (χ2n) is 5.81. The van der Waals surface area contributed by atoms with Crippen LogP contribution in [0.1, 0.15) is 36.5 Å². The van der Waals surface area contributed by atoms with Gasteiger partial charge in [-0.25, -0.2) is 4.98 Å². The summed E-state index contributed by atoms with van der Waals surface area (Å²) in [6.07, 6.45) is 4.74. The molecule has 0 atom stereocenters. The number of aromatic nitrogens is 1. The van der Waals surface area contributed by atoms with E-state index in [1.165, 1.54) is 0 Å². The zero-order valence-electron chi connectivity index (χ0n) is 13.0. The number of carbonyl (C=O) groups excluding carboxylic acids is 2. The van der Waals surface area contributed by atoms with Crippen LogP contribution in [-0.2, 0) is 4.79 Å². The predicted octanol–water partition coefficient (Wildman–Crippen LogP) is 3.77. The fourth-order valence-electron chi connectivity index (χ4n) is 2.39. The standard InChI is InChI=1S/C18H19N3O2/c1-12(22)13-5-7-15(8-6-13)20-17-10-9-16(11-19-17)21-18(23)14-3-2-4-14/h5-11,14H,2-4H2,1H3,(H,19,20)(H,21,23). The van der Waals surface area contributed by atoms with Crippen LogP contribution in [0, 0.1) is 5.92 Å². The summed E-state index contributed by atoms with van der Waals surface area (Å²) in [6, 6.07) is 10.9. The Hall–Kier alpha value is -2.69. The van der Waals surface area contributed by atoms with E-state index >= 15 is 0 Å². The van der Waals surface area contributed by atoms with Gasteiger partial charge in [-0.05, 0) is 56.2 Å². The summed E-state index contributed by atoms with van der Waals surface area (Å²) < 4.78 is 0. The minimum Gasteiger partial charge on any atom is -0.340 e. The summed E-state index contributed by atoms with van der Waals surface area (Å²) in [5.41, 5.74) is 2.24. The van der Waals surface area contributed by atoms with E-state index < -0.39 is 0 Å². The summed E-state index contributed by atoms with van der Waals surface area (Å²) in [5, 5.41) is 6.05. The molecular formula is C18H19N3O2. The van der Waals surface area contributed by atoms with Gasteiger partial charge in [0.15, 0.2) is 5.78 Å². The van der Waals surface area contributed by atoms with Crippen molar-refractivity contribution in [3.63, 3.8) is 0 Å². The molecule has 1 saturated carbocycles. The van der Waals surface area contributed by atoms with Crippen LogP contribution in [0.3, 0.4) is 0 Å². The number of rotatable bonds is 5. The number of nitrogens with one attached hydrogen (secondary N) is 2. The quantitative estimate of drug-likeness (QED) is 0.825. The number of benzene rings is 1. The number of anilines is 3. The average Bonchev–Trinajstić information content (AvgIpc) is 2.48. The number of nitrogens with zero attached hydrogens (tertiary/aromatic N) is 1. The molecule has 2 N–H and O–H groups in total. The van der Waals surface area contributed by atoms with Crippen molar-refractivity contribution in [3.8, 4) is 0 Å². The van der Waals surface area contributed by atoms with Gasteiger partial charge in [0, 0.05) is 17.2 Å². The van der Waals surface area contributed by atoms with E-state index in [1.54, 1.807) is 25.3 Å². The molecule has 0 aliphatic heterocycles. The molecule has 0 radical (unpaired) electrons. The molecule has 0 bridgehead atoms. The molecule has 5 heteroatoms. The lowest BCUT2D eigenvalue weighted by atomic mass is 9.85. The molecule has 1 aliphatic carbocycles. The summed E-state index contributed by atoms with van der Waals surface area (Å²) in [5.74, 6) is 0.967. The zero-order valence-corrected chi connectivity index (χ0v) is 13.0. The highest BCUT2D eigenvalue weighted by Crippen LogP contribution is 2.27. The minimum absolute atomic E-state index is 0.0428. The normalized spacial score (nSPS) is 14.0. The maximum absolute atomic E-state index is 11.9. The molecule has 118 valence electrons. The number of carbonyl (C=O) groups is 2. The lowest BCUT2D eigenvalue weighted by Gasteiger charge is -2.23. The van der Waals surface area contributed by atoms with Gasteiger partial charge in [-0.2, -0.15) is 0 Å². The first-order chi connectivity index (χ1) is 11.1. The summed E-state index contributed by atoms with van der Waals surface area (Å²) in [6.45, 7) is 1.54. The van der Waals surface area contributed by atoms with E-state index in [0.29, 0.717) is 17.1 Å². The highest BCUT2D eigenvalue weighted by molar-refractivity contribution is 5.94. The second-order valence-corrected chi connectivity index (χ2v) is 5.81. The third-order valence-electron chi connectivity index (χ3n) is 4.07. The molecule has 2 aromatic rings. The lowest BCUT2D eigenvalue weighted by Crippen LogP contribution is -2.28. The fraction of sp³-hybridized carbons (Fsp3) is 0.278. The first-order valence-electron chi connectivity index (χ1n) is 7.77. The molecule has 1 aromatic carbocycles. The number of hydrogen-bond acceptors (Lipinski definition) is 4. The van der Waals surface area contributed by atoms with Crippen molar-refractivity contribution in [2.75, 3.05) is 10.6 Å². The van der Waals surface area contributed by atoms with Crippen LogP contribution in [-0.4, -0.2) is 16.7 Å². The first-order valence-corrected chi connectivity index (χ1v) is 7.77. The lowest BCUT2D eigenvalue weighted by molar-refractivity contribution is -0.122. The van der Waals surface area contributed by atoms with Crippen LogP contribution in [0.25, 0.3) is 0 Å². The summed E-state index contributed by atoms with van der Waals surface area (Å²) in [4.78, 5) is 27.4. The maximum atomic E-state index is 11.9. The van der Waals surface area contributed by atoms with E-state index in [1.807, 2.05) is 24.3 Å². The van der Waals surface area contributed by atoms with Crippen LogP contribution < -0.4 is 10.6 Å². The Bertz CT molecular complexity index is 704. The third kappa shape index (κ3) is 3.74. The SMILES string of the molecule is CC(=O)c1ccc(Nc2ccc(NC(=O)C3CCC3)cn2)cc1. The van der Waals surface area contributed by atoms with E-state index in [0.717, 1.165) is 24.9 Å². The fourth-order valence-corrected chi connectivity index (χ4v) is 2.39. The smallest absolute Gasteiger partial charge is 0.227 e. The summed E-state index contributed by atoms with van der Waals surface area (Å²) in [7, 11) is 0. The highest BCUT2D eigenvalue weighted by atomic mass is 16.2. The molecule has 0 saturated heterocycles. The van der Waals surface area contributed by atoms with Crippen LogP contribution in [0.2, 0.25) is 0 Å². The van der Waals surface area contributed by atoms with Gasteiger partial charge in [0.1, 0.15) is 5.82 Å². The molecule has 1 fully saturated rings. The number of amides is 1. The molecule has 1 amide bonds. The van der Waals surface area contributed by atoms with Gasteiger partial charge in [0.2, 0.25) is 5.91 Å². The molecule has 0 spiro atoms. The molecule has 1 aromatic heterocycles. The monoisotopic (exact) mass is 309 g/mol. The van der Waals surface area contributed by atoms with Gasteiger partial charge < -0.3 is 10.6 Å². The van der Waals surface area contributed by atoms with Crippen LogP contribution >= 0.6 is 0 Å². The number of hydrogen-bond donors (Lipinski definition) is 2. The van der Waals surface area contributed by atoms with E-state index in [4.69, 9.17) is 0 Å². The van der Waals surface area contributed by atoms with Crippen molar-refractivity contribution in [2.45, 2.75) is 26.2 Å². The number of Topliss-reactive ketones (excluding diaryl/α,β-unsaturated/α-hetero) is 1. The van der Waals surface area contributed by atoms with Crippen molar-refractivity contribution in [3.05, 3.63) is 48.2 Å². The van der Waals surface area contributed by atoms with E-state index in [-0.39, 0.29) is 17.6 Å². The second kappa shape index (κ2) is 6.60. The van der Waals surface area contributed by atoms with Crippen molar-refractivity contribution >= 4 is 28.9 Å². The Morgan fingerprint density at radius 1 is 1.04 bits per heavy atom. The molecule has 3 rings (SSSR count). The Kier molecular flexibility index (Phi) is 4.37. The van der Waals surface area contributed by atoms with Crippen molar-refractivity contribution in [2.24, 2.45) is 5.92 Å². The van der Waals surface area contributed by atoms with Crippen LogP contribution in [0.15, 0.2) is 42.6 Å². The maximum Gasteiger partial charge on any atom is 0.227 e. The Balaban J connectivity index is 1.60. The largest absolute Gasteiger partial charge is 0.340 e. The molecule has 5 nitrogen and oxygen atoms in total. The van der Waals surface area contributed by atoms with Gasteiger partial charge >= 0.3 is 0 Å². The molecule has 0 unspecified atom stereocenters. The van der Waals surface area contributed by atoms with Gasteiger partial charge in [-0.1, -0.05) is 6.42 Å². The Morgan fingerprint density at radius 2 is 1.74 bits per heavy atom. The molecule has 1 aliphatic rings. The minimum atomic E-state index is 0.0428. The third-order valence-corrected chi connectivity index (χ3v) is 4.07. The van der Waals surface area contributed by atoms with Crippen molar-refractivity contribution in [1.82, 2.24) is 4.98 Å². The van der Waals surface area contributed by atoms with E-state index in [2.05, 4.69) is 15.6 Å². The van der Waals surface area contributed by atoms with Gasteiger partial charge in [-0.15, -0.1) is 0 Å². The molecular weight excluding hydrogens is 290 g/mol. The van der Waals surface area contributed by atoms with Gasteiger partial charge in [-0.3, -0.25) is 9.59 Å². The Morgan fingerprint density at radius 3 is 2.26 bits per heavy atom. The molecule has 23 heavy (non-hydrogen) atoms. The van der Waals surface area contributed by atoms with Crippen molar-refractivity contribution < 1.29 is 9.59 Å². The zero-order chi connectivity index (χ0) is 16.2. The topological polar surface area (TPSA) is 71.1 Å². The Labute approximate surface area is 135 Å². The summed E-state index contributed by atoms with van der Waals surface area (Å²) >= 11 is 0. The van der Waals surface area contributed by atoms with Gasteiger partial charge in [0.05, 0.1) is 11.9 Å². The first kappa shape index (κ1) is 15.2. The van der Waals surface area contributed by atoms with Crippen LogP contribution in [0.5, 0.6) is 0 Å². The highest BCUT2D eigenvalue weighted by Gasteiger charge is 2.25. The average molecular weight is 309 g/mol. The predicted molar refractivity (Wildman–Crippen MR) is 89.9 cm³/mol.